The van der Waals surface area contributed by atoms with Crippen LogP contribution >= 0.6 is 0 Å². The van der Waals surface area contributed by atoms with Gasteiger partial charge in [0, 0.05) is 18.5 Å². The maximum absolute atomic E-state index is 12.9. The number of para-hydroxylation sites is 1. The summed E-state index contributed by atoms with van der Waals surface area (Å²) in [6, 6.07) is 17.6. The van der Waals surface area contributed by atoms with Crippen molar-refractivity contribution in [2.75, 3.05) is 33.7 Å². The molecule has 0 spiro atoms. The number of carbonyl (C=O) groups is 1. The highest BCUT2D eigenvalue weighted by atomic mass is 16.5. The maximum Gasteiger partial charge on any atom is 0.253 e. The molecule has 0 fully saturated rings. The van der Waals surface area contributed by atoms with Crippen LogP contribution in [0.5, 0.6) is 5.75 Å². The summed E-state index contributed by atoms with van der Waals surface area (Å²) in [6.07, 6.45) is 1.85. The first-order valence-corrected chi connectivity index (χ1v) is 8.87. The van der Waals surface area contributed by atoms with Gasteiger partial charge in [0.15, 0.2) is 0 Å². The van der Waals surface area contributed by atoms with E-state index < -0.39 is 0 Å². The van der Waals surface area contributed by atoms with Gasteiger partial charge in [-0.1, -0.05) is 36.4 Å². The van der Waals surface area contributed by atoms with E-state index in [2.05, 4.69) is 25.1 Å². The fourth-order valence-electron chi connectivity index (χ4n) is 3.22. The second kappa shape index (κ2) is 8.17. The predicted molar refractivity (Wildman–Crippen MR) is 100 cm³/mol. The Bertz CT molecular complexity index is 675. The highest BCUT2D eigenvalue weighted by Crippen LogP contribution is 2.28. The summed E-state index contributed by atoms with van der Waals surface area (Å²) in [6.45, 7) is 2.32. The smallest absolute Gasteiger partial charge is 0.253 e. The molecule has 0 bridgehead atoms. The van der Waals surface area contributed by atoms with Crippen molar-refractivity contribution < 1.29 is 9.53 Å². The number of rotatable bonds is 7. The van der Waals surface area contributed by atoms with Crippen LogP contribution in [0.2, 0.25) is 0 Å². The van der Waals surface area contributed by atoms with E-state index >= 15 is 0 Å². The Morgan fingerprint density at radius 1 is 1.04 bits per heavy atom. The quantitative estimate of drug-likeness (QED) is 0.778. The van der Waals surface area contributed by atoms with Crippen LogP contribution in [0.4, 0.5) is 0 Å². The topological polar surface area (TPSA) is 32.8 Å². The standard InChI is InChI=1S/C21H26N2O2/c1-22(2)13-8-14-23(21(24)17-9-4-3-5-10-17)16-19-15-18-11-6-7-12-20(18)25-19/h3-7,9-12,19H,8,13-16H2,1-2H3/t19-/m0/s1. The summed E-state index contributed by atoms with van der Waals surface area (Å²) < 4.78 is 6.05. The lowest BCUT2D eigenvalue weighted by Gasteiger charge is -2.26. The van der Waals surface area contributed by atoms with E-state index in [1.807, 2.05) is 53.4 Å². The third-order valence-corrected chi connectivity index (χ3v) is 4.48. The van der Waals surface area contributed by atoms with Crippen LogP contribution in [-0.2, 0) is 6.42 Å². The van der Waals surface area contributed by atoms with Crippen molar-refractivity contribution in [2.45, 2.75) is 18.9 Å². The Labute approximate surface area is 150 Å². The van der Waals surface area contributed by atoms with Gasteiger partial charge in [-0.25, -0.2) is 0 Å². The lowest BCUT2D eigenvalue weighted by atomic mass is 10.1. The van der Waals surface area contributed by atoms with Crippen molar-refractivity contribution in [3.05, 3.63) is 65.7 Å². The maximum atomic E-state index is 12.9. The van der Waals surface area contributed by atoms with Crippen molar-refractivity contribution in [2.24, 2.45) is 0 Å². The van der Waals surface area contributed by atoms with Crippen molar-refractivity contribution >= 4 is 5.91 Å². The van der Waals surface area contributed by atoms with Crippen LogP contribution < -0.4 is 4.74 Å². The Morgan fingerprint density at radius 2 is 1.76 bits per heavy atom. The summed E-state index contributed by atoms with van der Waals surface area (Å²) in [4.78, 5) is 17.0. The number of carbonyl (C=O) groups excluding carboxylic acids is 1. The van der Waals surface area contributed by atoms with E-state index in [0.717, 1.165) is 37.2 Å². The van der Waals surface area contributed by atoms with Gasteiger partial charge in [0.05, 0.1) is 6.54 Å². The minimum Gasteiger partial charge on any atom is -0.488 e. The molecule has 0 saturated heterocycles. The first-order valence-electron chi connectivity index (χ1n) is 8.87. The molecule has 1 amide bonds. The Morgan fingerprint density at radius 3 is 2.48 bits per heavy atom. The molecule has 2 aromatic carbocycles. The lowest BCUT2D eigenvalue weighted by Crippen LogP contribution is -2.40. The SMILES string of the molecule is CN(C)CCCN(C[C@@H]1Cc2ccccc2O1)C(=O)c1ccccc1. The van der Waals surface area contributed by atoms with Crippen molar-refractivity contribution in [1.82, 2.24) is 9.80 Å². The van der Waals surface area contributed by atoms with Gasteiger partial charge < -0.3 is 14.5 Å². The lowest BCUT2D eigenvalue weighted by molar-refractivity contribution is 0.0672. The largest absolute Gasteiger partial charge is 0.488 e. The van der Waals surface area contributed by atoms with Crippen LogP contribution in [0.1, 0.15) is 22.3 Å². The van der Waals surface area contributed by atoms with Gasteiger partial charge in [-0.15, -0.1) is 0 Å². The second-order valence-electron chi connectivity index (χ2n) is 6.83. The van der Waals surface area contributed by atoms with Crippen molar-refractivity contribution in [3.8, 4) is 5.75 Å². The Hall–Kier alpha value is -2.33. The number of hydrogen-bond donors (Lipinski definition) is 0. The summed E-state index contributed by atoms with van der Waals surface area (Å²) in [5.41, 5.74) is 1.97. The molecular formula is C21H26N2O2. The van der Waals surface area contributed by atoms with Crippen LogP contribution in [0.3, 0.4) is 0 Å². The minimum atomic E-state index is 0.0319. The zero-order chi connectivity index (χ0) is 17.6. The molecule has 132 valence electrons. The average molecular weight is 338 g/mol. The second-order valence-corrected chi connectivity index (χ2v) is 6.83. The molecule has 3 rings (SSSR count). The van der Waals surface area contributed by atoms with E-state index in [4.69, 9.17) is 4.74 Å². The van der Waals surface area contributed by atoms with Crippen LogP contribution in [-0.4, -0.2) is 55.5 Å². The van der Waals surface area contributed by atoms with Gasteiger partial charge in [0.1, 0.15) is 11.9 Å². The van der Waals surface area contributed by atoms with Gasteiger partial charge in [-0.2, -0.15) is 0 Å². The number of amides is 1. The first kappa shape index (κ1) is 17.5. The van der Waals surface area contributed by atoms with E-state index in [-0.39, 0.29) is 12.0 Å². The molecule has 0 aromatic heterocycles. The molecule has 0 aliphatic carbocycles. The number of fused-ring (bicyclic) bond motifs is 1. The van der Waals surface area contributed by atoms with Crippen molar-refractivity contribution in [1.29, 1.82) is 0 Å². The zero-order valence-electron chi connectivity index (χ0n) is 15.0. The molecule has 0 unspecified atom stereocenters. The molecule has 1 atom stereocenters. The Kier molecular flexibility index (Phi) is 5.71. The van der Waals surface area contributed by atoms with Gasteiger partial charge in [-0.3, -0.25) is 4.79 Å². The van der Waals surface area contributed by atoms with E-state index in [9.17, 15) is 4.79 Å². The molecule has 2 aromatic rings. The van der Waals surface area contributed by atoms with Crippen molar-refractivity contribution in [3.63, 3.8) is 0 Å². The fourth-order valence-corrected chi connectivity index (χ4v) is 3.22. The fraction of sp³-hybridized carbons (Fsp3) is 0.381. The molecule has 0 saturated carbocycles. The molecule has 1 aliphatic heterocycles. The highest BCUT2D eigenvalue weighted by molar-refractivity contribution is 5.94. The number of nitrogens with zero attached hydrogens (tertiary/aromatic N) is 2. The number of benzene rings is 2. The third-order valence-electron chi connectivity index (χ3n) is 4.48. The summed E-state index contributed by atoms with van der Waals surface area (Å²) in [5, 5.41) is 0. The number of hydrogen-bond acceptors (Lipinski definition) is 3. The molecule has 4 nitrogen and oxygen atoms in total. The zero-order valence-corrected chi connectivity index (χ0v) is 15.0. The monoisotopic (exact) mass is 338 g/mol. The first-order chi connectivity index (χ1) is 12.1. The summed E-state index contributed by atoms with van der Waals surface area (Å²) >= 11 is 0. The predicted octanol–water partition coefficient (Wildman–Crippen LogP) is 3.08. The molecular weight excluding hydrogens is 312 g/mol. The summed E-state index contributed by atoms with van der Waals surface area (Å²) in [7, 11) is 4.11. The van der Waals surface area contributed by atoms with Gasteiger partial charge in [0.2, 0.25) is 0 Å². The van der Waals surface area contributed by atoms with Crippen LogP contribution in [0.25, 0.3) is 0 Å². The van der Waals surface area contributed by atoms with Gasteiger partial charge >= 0.3 is 0 Å². The van der Waals surface area contributed by atoms with Gasteiger partial charge in [-0.05, 0) is 50.8 Å². The average Bonchev–Trinajstić information content (AvgIpc) is 3.03. The Balaban J connectivity index is 1.67. The number of ether oxygens (including phenoxy) is 1. The van der Waals surface area contributed by atoms with Crippen LogP contribution in [0, 0.1) is 0 Å². The third kappa shape index (κ3) is 4.60. The minimum absolute atomic E-state index is 0.0319. The molecule has 0 radical (unpaired) electrons. The molecule has 1 aliphatic rings. The molecule has 4 heteroatoms. The molecule has 1 heterocycles. The van der Waals surface area contributed by atoms with Crippen LogP contribution in [0.15, 0.2) is 54.6 Å². The van der Waals surface area contributed by atoms with E-state index in [0.29, 0.717) is 6.54 Å². The highest BCUT2D eigenvalue weighted by Gasteiger charge is 2.26. The van der Waals surface area contributed by atoms with E-state index in [1.165, 1.54) is 5.56 Å². The van der Waals surface area contributed by atoms with Gasteiger partial charge in [0.25, 0.3) is 5.91 Å². The molecule has 0 N–H and O–H groups in total. The normalized spacial score (nSPS) is 15.7. The molecule has 25 heavy (non-hydrogen) atoms. The summed E-state index contributed by atoms with van der Waals surface area (Å²) in [5.74, 6) is 1.03. The van der Waals surface area contributed by atoms with E-state index in [1.54, 1.807) is 0 Å².